The third-order valence-corrected chi connectivity index (χ3v) is 1.77. The fourth-order valence-electron chi connectivity index (χ4n) is 1.31. The zero-order valence-corrected chi connectivity index (χ0v) is 7.55. The topological polar surface area (TPSA) is 47.6 Å². The van der Waals surface area contributed by atoms with Gasteiger partial charge < -0.3 is 9.47 Å². The van der Waals surface area contributed by atoms with Crippen molar-refractivity contribution in [2.45, 2.75) is 26.2 Å². The van der Waals surface area contributed by atoms with Gasteiger partial charge in [-0.25, -0.2) is 0 Å². The van der Waals surface area contributed by atoms with Gasteiger partial charge in [0.25, 0.3) is 5.91 Å². The Morgan fingerprint density at radius 1 is 1.42 bits per heavy atom. The van der Waals surface area contributed by atoms with Gasteiger partial charge in [0.05, 0.1) is 0 Å². The molecule has 0 aromatic rings. The smallest absolute Gasteiger partial charge is 0.290 e. The van der Waals surface area contributed by atoms with E-state index in [9.17, 15) is 4.79 Å². The Kier molecular flexibility index (Phi) is 3.20. The van der Waals surface area contributed by atoms with Gasteiger partial charge in [-0.15, -0.1) is 0 Å². The summed E-state index contributed by atoms with van der Waals surface area (Å²) >= 11 is 0. The molecule has 4 nitrogen and oxygen atoms in total. The van der Waals surface area contributed by atoms with E-state index in [-0.39, 0.29) is 5.78 Å². The highest BCUT2D eigenvalue weighted by Gasteiger charge is 2.43. The molecule has 1 N–H and O–H groups in total. The highest BCUT2D eigenvalue weighted by molar-refractivity contribution is 5.87. The van der Waals surface area contributed by atoms with E-state index in [1.54, 1.807) is 0 Å². The second kappa shape index (κ2) is 3.98. The van der Waals surface area contributed by atoms with Crippen molar-refractivity contribution in [3.8, 4) is 0 Å². The standard InChI is InChI=1S/C8H15NO3/c1-3-11-8(12-4-2)7(10)5-6-9-8/h9H,3-6H2,1-2H3. The van der Waals surface area contributed by atoms with E-state index >= 15 is 0 Å². The van der Waals surface area contributed by atoms with Crippen molar-refractivity contribution in [3.05, 3.63) is 0 Å². The second-order valence-corrected chi connectivity index (χ2v) is 2.58. The van der Waals surface area contributed by atoms with Gasteiger partial charge in [0.2, 0.25) is 5.78 Å². The maximum Gasteiger partial charge on any atom is 0.290 e. The minimum absolute atomic E-state index is 0.00815. The maximum absolute atomic E-state index is 11.4. The van der Waals surface area contributed by atoms with Crippen molar-refractivity contribution in [3.63, 3.8) is 0 Å². The SMILES string of the molecule is CCOC1(OCC)NCCC1=O. The predicted molar refractivity (Wildman–Crippen MR) is 43.6 cm³/mol. The Bertz CT molecular complexity index is 164. The van der Waals surface area contributed by atoms with Gasteiger partial charge in [-0.3, -0.25) is 10.1 Å². The zero-order valence-electron chi connectivity index (χ0n) is 7.55. The molecule has 0 bridgehead atoms. The molecular formula is C8H15NO3. The molecule has 0 saturated carbocycles. The number of Topliss-reactive ketones (excluding diaryl/α,β-unsaturated/α-hetero) is 1. The third kappa shape index (κ3) is 1.65. The molecule has 0 atom stereocenters. The summed E-state index contributed by atoms with van der Waals surface area (Å²) in [4.78, 5) is 11.4. The zero-order chi connectivity index (χ0) is 9.03. The van der Waals surface area contributed by atoms with Gasteiger partial charge in [0.15, 0.2) is 0 Å². The van der Waals surface area contributed by atoms with Crippen LogP contribution in [0.25, 0.3) is 0 Å². The number of carbonyl (C=O) groups excluding carboxylic acids is 1. The van der Waals surface area contributed by atoms with E-state index < -0.39 is 5.91 Å². The third-order valence-electron chi connectivity index (χ3n) is 1.77. The summed E-state index contributed by atoms with van der Waals surface area (Å²) in [5.74, 6) is -1.14. The molecule has 4 heteroatoms. The van der Waals surface area contributed by atoms with Crippen LogP contribution in [0, 0.1) is 0 Å². The summed E-state index contributed by atoms with van der Waals surface area (Å²) in [5, 5.41) is 2.93. The molecule has 1 saturated heterocycles. The number of carbonyl (C=O) groups is 1. The lowest BCUT2D eigenvalue weighted by Crippen LogP contribution is -2.50. The summed E-state index contributed by atoms with van der Waals surface area (Å²) < 4.78 is 10.5. The molecule has 0 aromatic carbocycles. The first-order chi connectivity index (χ1) is 5.75. The van der Waals surface area contributed by atoms with Crippen molar-refractivity contribution in [1.82, 2.24) is 5.32 Å². The molecule has 0 aromatic heterocycles. The number of nitrogens with one attached hydrogen (secondary N) is 1. The maximum atomic E-state index is 11.4. The minimum Gasteiger partial charge on any atom is -0.332 e. The molecule has 1 aliphatic heterocycles. The van der Waals surface area contributed by atoms with Crippen molar-refractivity contribution < 1.29 is 14.3 Å². The van der Waals surface area contributed by atoms with Crippen LogP contribution in [0.5, 0.6) is 0 Å². The molecule has 70 valence electrons. The van der Waals surface area contributed by atoms with Gasteiger partial charge in [0, 0.05) is 26.2 Å². The van der Waals surface area contributed by atoms with E-state index in [0.29, 0.717) is 26.2 Å². The number of rotatable bonds is 4. The molecule has 1 heterocycles. The van der Waals surface area contributed by atoms with Crippen LogP contribution in [0.3, 0.4) is 0 Å². The fraction of sp³-hybridized carbons (Fsp3) is 0.875. The number of ether oxygens (including phenoxy) is 2. The van der Waals surface area contributed by atoms with Crippen LogP contribution < -0.4 is 5.32 Å². The van der Waals surface area contributed by atoms with Crippen molar-refractivity contribution in [1.29, 1.82) is 0 Å². The first kappa shape index (κ1) is 9.64. The van der Waals surface area contributed by atoms with Gasteiger partial charge in [-0.1, -0.05) is 0 Å². The normalized spacial score (nSPS) is 21.7. The van der Waals surface area contributed by atoms with Crippen molar-refractivity contribution in [2.24, 2.45) is 0 Å². The van der Waals surface area contributed by atoms with Crippen LogP contribution in [0.2, 0.25) is 0 Å². The molecule has 1 fully saturated rings. The van der Waals surface area contributed by atoms with Crippen molar-refractivity contribution in [2.75, 3.05) is 19.8 Å². The molecule has 12 heavy (non-hydrogen) atoms. The Morgan fingerprint density at radius 2 is 2.00 bits per heavy atom. The monoisotopic (exact) mass is 173 g/mol. The minimum atomic E-state index is -1.14. The van der Waals surface area contributed by atoms with E-state index in [0.717, 1.165) is 0 Å². The van der Waals surface area contributed by atoms with Crippen LogP contribution in [-0.2, 0) is 14.3 Å². The summed E-state index contributed by atoms with van der Waals surface area (Å²) in [6.45, 7) is 5.26. The van der Waals surface area contributed by atoms with Crippen LogP contribution in [0.1, 0.15) is 20.3 Å². The first-order valence-electron chi connectivity index (χ1n) is 4.31. The van der Waals surface area contributed by atoms with Gasteiger partial charge >= 0.3 is 0 Å². The lowest BCUT2D eigenvalue weighted by Gasteiger charge is -2.26. The van der Waals surface area contributed by atoms with Crippen molar-refractivity contribution >= 4 is 5.78 Å². The highest BCUT2D eigenvalue weighted by atomic mass is 16.7. The summed E-state index contributed by atoms with van der Waals surface area (Å²) in [7, 11) is 0. The van der Waals surface area contributed by atoms with E-state index in [2.05, 4.69) is 5.32 Å². The Balaban J connectivity index is 2.63. The number of ketones is 1. The summed E-state index contributed by atoms with van der Waals surface area (Å²) in [6, 6.07) is 0. The Labute approximate surface area is 72.2 Å². The molecule has 0 unspecified atom stereocenters. The lowest BCUT2D eigenvalue weighted by molar-refractivity contribution is -0.231. The largest absolute Gasteiger partial charge is 0.332 e. The van der Waals surface area contributed by atoms with Crippen LogP contribution in [0.4, 0.5) is 0 Å². The van der Waals surface area contributed by atoms with Crippen LogP contribution >= 0.6 is 0 Å². The number of hydrogen-bond acceptors (Lipinski definition) is 4. The first-order valence-corrected chi connectivity index (χ1v) is 4.31. The summed E-state index contributed by atoms with van der Waals surface area (Å²) in [6.07, 6.45) is 0.486. The highest BCUT2D eigenvalue weighted by Crippen LogP contribution is 2.18. The average Bonchev–Trinajstić information content (AvgIpc) is 2.35. The molecule has 1 rings (SSSR count). The molecule has 0 radical (unpaired) electrons. The predicted octanol–water partition coefficient (Wildman–Crippen LogP) is 0.276. The van der Waals surface area contributed by atoms with Gasteiger partial charge in [0.1, 0.15) is 0 Å². The molecule has 0 spiro atoms. The average molecular weight is 173 g/mol. The van der Waals surface area contributed by atoms with Gasteiger partial charge in [-0.2, -0.15) is 0 Å². The van der Waals surface area contributed by atoms with E-state index in [4.69, 9.17) is 9.47 Å². The molecule has 1 aliphatic rings. The van der Waals surface area contributed by atoms with Gasteiger partial charge in [-0.05, 0) is 13.8 Å². The fourth-order valence-corrected chi connectivity index (χ4v) is 1.31. The molecule has 0 aliphatic carbocycles. The van der Waals surface area contributed by atoms with E-state index in [1.807, 2.05) is 13.8 Å². The quantitative estimate of drug-likeness (QED) is 0.620. The molecule has 0 amide bonds. The number of hydrogen-bond donors (Lipinski definition) is 1. The summed E-state index contributed by atoms with van der Waals surface area (Å²) in [5.41, 5.74) is 0. The van der Waals surface area contributed by atoms with Crippen LogP contribution in [-0.4, -0.2) is 31.5 Å². The lowest BCUT2D eigenvalue weighted by atomic mass is 10.3. The Hall–Kier alpha value is -0.450. The van der Waals surface area contributed by atoms with Crippen LogP contribution in [0.15, 0.2) is 0 Å². The van der Waals surface area contributed by atoms with E-state index in [1.165, 1.54) is 0 Å². The second-order valence-electron chi connectivity index (χ2n) is 2.58. The molecular weight excluding hydrogens is 158 g/mol. The Morgan fingerprint density at radius 3 is 2.33 bits per heavy atom.